The molecule has 0 radical (unpaired) electrons. The highest BCUT2D eigenvalue weighted by molar-refractivity contribution is 5.88. The molecule has 1 aromatic heterocycles. The van der Waals surface area contributed by atoms with Gasteiger partial charge in [-0.05, 0) is 33.6 Å². The number of aryl methyl sites for hydroxylation is 1. The minimum Gasteiger partial charge on any atom is -0.464 e. The van der Waals surface area contributed by atoms with E-state index >= 15 is 0 Å². The number of ether oxygens (including phenoxy) is 2. The van der Waals surface area contributed by atoms with Crippen LogP contribution in [0.1, 0.15) is 69.2 Å². The van der Waals surface area contributed by atoms with E-state index in [2.05, 4.69) is 15.0 Å². The SMILES string of the molecule is CC[C@H](C)[C@H](NC(=O)OC(C)(C)C)c1nc(C(=O)OC)c(C)o1. The fourth-order valence-corrected chi connectivity index (χ4v) is 1.95. The van der Waals surface area contributed by atoms with E-state index < -0.39 is 23.7 Å². The Hall–Kier alpha value is -2.05. The third-order valence-corrected chi connectivity index (χ3v) is 3.34. The molecular formula is C16H26N2O5. The van der Waals surface area contributed by atoms with Crippen LogP contribution in [0.2, 0.25) is 0 Å². The maximum atomic E-state index is 12.1. The number of nitrogens with zero attached hydrogens (tertiary/aromatic N) is 1. The molecule has 0 aliphatic heterocycles. The molecule has 1 amide bonds. The Morgan fingerprint density at radius 3 is 2.43 bits per heavy atom. The Balaban J connectivity index is 3.04. The lowest BCUT2D eigenvalue weighted by atomic mass is 9.99. The summed E-state index contributed by atoms with van der Waals surface area (Å²) >= 11 is 0. The minimum atomic E-state index is -0.603. The Kier molecular flexibility index (Phi) is 6.18. The summed E-state index contributed by atoms with van der Waals surface area (Å²) in [7, 11) is 1.28. The second-order valence-electron chi connectivity index (χ2n) is 6.46. The van der Waals surface area contributed by atoms with Crippen molar-refractivity contribution in [1.29, 1.82) is 0 Å². The van der Waals surface area contributed by atoms with Gasteiger partial charge in [-0.1, -0.05) is 20.3 Å². The van der Waals surface area contributed by atoms with Crippen LogP contribution >= 0.6 is 0 Å². The van der Waals surface area contributed by atoms with Crippen LogP contribution in [0.25, 0.3) is 0 Å². The number of carbonyl (C=O) groups excluding carboxylic acids is 2. The Morgan fingerprint density at radius 1 is 1.35 bits per heavy atom. The molecule has 7 heteroatoms. The molecule has 130 valence electrons. The number of esters is 1. The average Bonchev–Trinajstić information content (AvgIpc) is 2.83. The second-order valence-corrected chi connectivity index (χ2v) is 6.46. The number of carbonyl (C=O) groups is 2. The number of aromatic nitrogens is 1. The molecule has 7 nitrogen and oxygen atoms in total. The Labute approximate surface area is 136 Å². The molecule has 0 aliphatic carbocycles. The van der Waals surface area contributed by atoms with Crippen LogP contribution in [0.15, 0.2) is 4.42 Å². The topological polar surface area (TPSA) is 90.7 Å². The quantitative estimate of drug-likeness (QED) is 0.834. The summed E-state index contributed by atoms with van der Waals surface area (Å²) in [5.41, 5.74) is -0.491. The van der Waals surface area contributed by atoms with E-state index in [1.807, 2.05) is 13.8 Å². The van der Waals surface area contributed by atoms with Crippen LogP contribution in [0.5, 0.6) is 0 Å². The highest BCUT2D eigenvalue weighted by atomic mass is 16.6. The molecule has 23 heavy (non-hydrogen) atoms. The van der Waals surface area contributed by atoms with Crippen LogP contribution < -0.4 is 5.32 Å². The smallest absolute Gasteiger partial charge is 0.408 e. The van der Waals surface area contributed by atoms with Crippen LogP contribution in [0.4, 0.5) is 4.79 Å². The first-order valence-electron chi connectivity index (χ1n) is 7.64. The van der Waals surface area contributed by atoms with Gasteiger partial charge in [-0.3, -0.25) is 0 Å². The molecule has 1 aromatic rings. The molecule has 0 bridgehead atoms. The summed E-state index contributed by atoms with van der Waals surface area (Å²) in [5, 5.41) is 2.77. The molecule has 0 saturated heterocycles. The summed E-state index contributed by atoms with van der Waals surface area (Å²) in [6.45, 7) is 10.9. The van der Waals surface area contributed by atoms with Gasteiger partial charge >= 0.3 is 12.1 Å². The Morgan fingerprint density at radius 2 is 1.96 bits per heavy atom. The van der Waals surface area contributed by atoms with Crippen molar-refractivity contribution < 1.29 is 23.5 Å². The van der Waals surface area contributed by atoms with Crippen molar-refractivity contribution in [3.8, 4) is 0 Å². The van der Waals surface area contributed by atoms with Gasteiger partial charge < -0.3 is 19.2 Å². The fourth-order valence-electron chi connectivity index (χ4n) is 1.95. The number of amides is 1. The van der Waals surface area contributed by atoms with Crippen LogP contribution in [-0.4, -0.2) is 29.8 Å². The van der Waals surface area contributed by atoms with Crippen molar-refractivity contribution in [3.05, 3.63) is 17.3 Å². The summed E-state index contributed by atoms with van der Waals surface area (Å²) in [6.07, 6.45) is 0.230. The lowest BCUT2D eigenvalue weighted by Crippen LogP contribution is -2.37. The van der Waals surface area contributed by atoms with Gasteiger partial charge in [0.1, 0.15) is 17.4 Å². The van der Waals surface area contributed by atoms with Crippen molar-refractivity contribution in [2.75, 3.05) is 7.11 Å². The predicted molar refractivity (Wildman–Crippen MR) is 84.1 cm³/mol. The van der Waals surface area contributed by atoms with E-state index in [-0.39, 0.29) is 17.5 Å². The molecule has 0 aromatic carbocycles. The van der Waals surface area contributed by atoms with Gasteiger partial charge in [0, 0.05) is 0 Å². The zero-order valence-electron chi connectivity index (χ0n) is 14.9. The standard InChI is InChI=1S/C16H26N2O5/c1-8-9(2)11(18-15(20)23-16(4,5)6)13-17-12(10(3)22-13)14(19)21-7/h9,11H,8H2,1-7H3,(H,18,20)/t9-,11-/m0/s1. The lowest BCUT2D eigenvalue weighted by molar-refractivity contribution is 0.0474. The van der Waals surface area contributed by atoms with E-state index in [0.29, 0.717) is 5.76 Å². The van der Waals surface area contributed by atoms with E-state index in [9.17, 15) is 9.59 Å². The number of hydrogen-bond donors (Lipinski definition) is 1. The minimum absolute atomic E-state index is 0.0473. The maximum absolute atomic E-state index is 12.1. The van der Waals surface area contributed by atoms with Gasteiger partial charge in [0.15, 0.2) is 5.69 Å². The summed E-state index contributed by atoms with van der Waals surface area (Å²) in [6, 6.07) is -0.494. The van der Waals surface area contributed by atoms with Crippen molar-refractivity contribution in [1.82, 2.24) is 10.3 Å². The van der Waals surface area contributed by atoms with E-state index in [1.54, 1.807) is 27.7 Å². The van der Waals surface area contributed by atoms with Gasteiger partial charge in [0.25, 0.3) is 0 Å². The molecule has 0 fully saturated rings. The second kappa shape index (κ2) is 7.48. The van der Waals surface area contributed by atoms with Crippen LogP contribution in [0, 0.1) is 12.8 Å². The molecule has 1 rings (SSSR count). The highest BCUT2D eigenvalue weighted by Crippen LogP contribution is 2.26. The highest BCUT2D eigenvalue weighted by Gasteiger charge is 2.29. The third kappa shape index (κ3) is 5.26. The number of alkyl carbamates (subject to hydrolysis) is 1. The number of oxazole rings is 1. The van der Waals surface area contributed by atoms with Crippen molar-refractivity contribution in [2.24, 2.45) is 5.92 Å². The van der Waals surface area contributed by atoms with Gasteiger partial charge in [-0.25, -0.2) is 14.6 Å². The van der Waals surface area contributed by atoms with Crippen molar-refractivity contribution >= 4 is 12.1 Å². The number of methoxy groups -OCH3 is 1. The van der Waals surface area contributed by atoms with Crippen LogP contribution in [-0.2, 0) is 9.47 Å². The third-order valence-electron chi connectivity index (χ3n) is 3.34. The molecule has 0 saturated carbocycles. The molecule has 1 N–H and O–H groups in total. The average molecular weight is 326 g/mol. The first-order valence-corrected chi connectivity index (χ1v) is 7.64. The van der Waals surface area contributed by atoms with Crippen molar-refractivity contribution in [3.63, 3.8) is 0 Å². The predicted octanol–water partition coefficient (Wildman–Crippen LogP) is 3.38. The molecule has 2 atom stereocenters. The zero-order valence-corrected chi connectivity index (χ0v) is 14.9. The van der Waals surface area contributed by atoms with Gasteiger partial charge in [-0.15, -0.1) is 0 Å². The summed E-state index contributed by atoms with van der Waals surface area (Å²) in [4.78, 5) is 27.9. The van der Waals surface area contributed by atoms with Gasteiger partial charge in [0.2, 0.25) is 5.89 Å². The first-order chi connectivity index (χ1) is 10.6. The Bertz CT molecular complexity index is 559. The largest absolute Gasteiger partial charge is 0.464 e. The van der Waals surface area contributed by atoms with Gasteiger partial charge in [0.05, 0.1) is 7.11 Å². The van der Waals surface area contributed by atoms with Gasteiger partial charge in [-0.2, -0.15) is 0 Å². The van der Waals surface area contributed by atoms with Crippen molar-refractivity contribution in [2.45, 2.75) is 59.6 Å². The number of nitrogens with one attached hydrogen (secondary N) is 1. The molecule has 0 unspecified atom stereocenters. The normalized spacial score (nSPS) is 14.0. The number of rotatable bonds is 5. The summed E-state index contributed by atoms with van der Waals surface area (Å²) in [5.74, 6) is 0.0954. The molecule has 0 aliphatic rings. The molecule has 1 heterocycles. The van der Waals surface area contributed by atoms with E-state index in [4.69, 9.17) is 9.15 Å². The summed E-state index contributed by atoms with van der Waals surface area (Å²) < 4.78 is 15.5. The monoisotopic (exact) mass is 326 g/mol. The first kappa shape index (κ1) is 19.0. The van der Waals surface area contributed by atoms with Crippen LogP contribution in [0.3, 0.4) is 0 Å². The fraction of sp³-hybridized carbons (Fsp3) is 0.688. The maximum Gasteiger partial charge on any atom is 0.408 e. The van der Waals surface area contributed by atoms with E-state index in [1.165, 1.54) is 7.11 Å². The van der Waals surface area contributed by atoms with E-state index in [0.717, 1.165) is 6.42 Å². The lowest BCUT2D eigenvalue weighted by Gasteiger charge is -2.25. The molecule has 0 spiro atoms. The molecular weight excluding hydrogens is 300 g/mol. The number of hydrogen-bond acceptors (Lipinski definition) is 6. The zero-order chi connectivity index (χ0) is 17.8.